The van der Waals surface area contributed by atoms with Gasteiger partial charge < -0.3 is 14.8 Å². The molecule has 1 amide bonds. The zero-order valence-corrected chi connectivity index (χ0v) is 16.1. The number of amides is 1. The molecule has 0 radical (unpaired) electrons. The number of halogens is 1. The van der Waals surface area contributed by atoms with Gasteiger partial charge >= 0.3 is 5.97 Å². The topological polar surface area (TPSA) is 82.5 Å². The zero-order chi connectivity index (χ0) is 20.1. The third-order valence-electron chi connectivity index (χ3n) is 3.95. The summed E-state index contributed by atoms with van der Waals surface area (Å²) in [6, 6.07) is 13.5. The van der Waals surface area contributed by atoms with Crippen LogP contribution in [0.1, 0.15) is 16.1 Å². The normalized spacial score (nSPS) is 10.4. The SMILES string of the molecule is COc1ccc(NC(=O)COC(=O)c2ccc(-n3nccc3C)cc2)cc1Cl. The van der Waals surface area contributed by atoms with Gasteiger partial charge in [-0.25, -0.2) is 9.48 Å². The molecule has 0 spiro atoms. The molecular formula is C20H18ClN3O4. The van der Waals surface area contributed by atoms with Crippen molar-refractivity contribution in [3.05, 3.63) is 71.0 Å². The lowest BCUT2D eigenvalue weighted by molar-refractivity contribution is -0.119. The maximum Gasteiger partial charge on any atom is 0.338 e. The van der Waals surface area contributed by atoms with Crippen molar-refractivity contribution in [1.82, 2.24) is 9.78 Å². The number of aryl methyl sites for hydroxylation is 1. The predicted molar refractivity (Wildman–Crippen MR) is 105 cm³/mol. The van der Waals surface area contributed by atoms with Crippen molar-refractivity contribution in [2.24, 2.45) is 0 Å². The first-order valence-electron chi connectivity index (χ1n) is 8.39. The number of anilines is 1. The van der Waals surface area contributed by atoms with Crippen LogP contribution in [0.25, 0.3) is 5.69 Å². The minimum atomic E-state index is -0.591. The first kappa shape index (κ1) is 19.4. The van der Waals surface area contributed by atoms with Crippen LogP contribution in [0.2, 0.25) is 5.02 Å². The summed E-state index contributed by atoms with van der Waals surface area (Å²) < 4.78 is 11.9. The molecule has 8 heteroatoms. The molecule has 28 heavy (non-hydrogen) atoms. The van der Waals surface area contributed by atoms with Gasteiger partial charge in [0.25, 0.3) is 5.91 Å². The third-order valence-corrected chi connectivity index (χ3v) is 4.24. The van der Waals surface area contributed by atoms with Crippen molar-refractivity contribution in [3.63, 3.8) is 0 Å². The Balaban J connectivity index is 1.55. The van der Waals surface area contributed by atoms with E-state index < -0.39 is 18.5 Å². The van der Waals surface area contributed by atoms with Gasteiger partial charge in [0.1, 0.15) is 5.75 Å². The highest BCUT2D eigenvalue weighted by Crippen LogP contribution is 2.27. The zero-order valence-electron chi connectivity index (χ0n) is 15.3. The Bertz CT molecular complexity index is 999. The summed E-state index contributed by atoms with van der Waals surface area (Å²) in [4.78, 5) is 24.1. The summed E-state index contributed by atoms with van der Waals surface area (Å²) in [6.45, 7) is 1.52. The molecule has 3 rings (SSSR count). The lowest BCUT2D eigenvalue weighted by Crippen LogP contribution is -2.21. The molecule has 3 aromatic rings. The minimum absolute atomic E-state index is 0.342. The Hall–Kier alpha value is -3.32. The average molecular weight is 400 g/mol. The maximum atomic E-state index is 12.1. The van der Waals surface area contributed by atoms with Crippen molar-refractivity contribution in [2.45, 2.75) is 6.92 Å². The molecule has 144 valence electrons. The highest BCUT2D eigenvalue weighted by Gasteiger charge is 2.12. The molecule has 0 atom stereocenters. The van der Waals surface area contributed by atoms with Crippen molar-refractivity contribution >= 4 is 29.2 Å². The number of rotatable bonds is 6. The van der Waals surface area contributed by atoms with E-state index in [0.29, 0.717) is 22.0 Å². The van der Waals surface area contributed by atoms with E-state index in [1.54, 1.807) is 53.3 Å². The molecule has 0 aliphatic rings. The second-order valence-electron chi connectivity index (χ2n) is 5.90. The molecule has 0 bridgehead atoms. The van der Waals surface area contributed by atoms with Gasteiger partial charge in [-0.3, -0.25) is 4.79 Å². The molecule has 0 aliphatic carbocycles. The molecule has 0 saturated heterocycles. The second kappa shape index (κ2) is 8.58. The van der Waals surface area contributed by atoms with Crippen LogP contribution in [-0.4, -0.2) is 35.4 Å². The van der Waals surface area contributed by atoms with Crippen LogP contribution in [0.4, 0.5) is 5.69 Å². The molecule has 0 unspecified atom stereocenters. The number of methoxy groups -OCH3 is 1. The Morgan fingerprint density at radius 3 is 2.50 bits per heavy atom. The van der Waals surface area contributed by atoms with Crippen LogP contribution >= 0.6 is 11.6 Å². The number of nitrogens with zero attached hydrogens (tertiary/aromatic N) is 2. The number of nitrogens with one attached hydrogen (secondary N) is 1. The number of esters is 1. The van der Waals surface area contributed by atoms with Gasteiger partial charge in [-0.2, -0.15) is 5.10 Å². The Kier molecular flexibility index (Phi) is 5.96. The molecule has 1 heterocycles. The van der Waals surface area contributed by atoms with Crippen LogP contribution in [0.3, 0.4) is 0 Å². The van der Waals surface area contributed by atoms with E-state index >= 15 is 0 Å². The molecule has 0 saturated carbocycles. The predicted octanol–water partition coefficient (Wildman–Crippen LogP) is 3.64. The average Bonchev–Trinajstić information content (AvgIpc) is 3.12. The Morgan fingerprint density at radius 1 is 1.14 bits per heavy atom. The fourth-order valence-corrected chi connectivity index (χ4v) is 2.79. The van der Waals surface area contributed by atoms with Crippen LogP contribution in [0, 0.1) is 6.92 Å². The number of aromatic nitrogens is 2. The molecule has 1 N–H and O–H groups in total. The fourth-order valence-electron chi connectivity index (χ4n) is 2.53. The van der Waals surface area contributed by atoms with Crippen molar-refractivity contribution in [1.29, 1.82) is 0 Å². The van der Waals surface area contributed by atoms with Crippen LogP contribution in [0.5, 0.6) is 5.75 Å². The van der Waals surface area contributed by atoms with Crippen molar-refractivity contribution in [2.75, 3.05) is 19.0 Å². The summed E-state index contributed by atoms with van der Waals surface area (Å²) >= 11 is 6.01. The number of hydrogen-bond donors (Lipinski definition) is 1. The van der Waals surface area contributed by atoms with Crippen LogP contribution in [-0.2, 0) is 9.53 Å². The fraction of sp³-hybridized carbons (Fsp3) is 0.150. The summed E-state index contributed by atoms with van der Waals surface area (Å²) in [6.07, 6.45) is 1.70. The first-order valence-corrected chi connectivity index (χ1v) is 8.77. The molecule has 1 aromatic heterocycles. The van der Waals surface area contributed by atoms with Gasteiger partial charge in [-0.15, -0.1) is 0 Å². The van der Waals surface area contributed by atoms with Crippen LogP contribution < -0.4 is 10.1 Å². The number of benzene rings is 2. The quantitative estimate of drug-likeness (QED) is 0.640. The van der Waals surface area contributed by atoms with Crippen molar-refractivity contribution < 1.29 is 19.1 Å². The van der Waals surface area contributed by atoms with E-state index in [4.69, 9.17) is 21.1 Å². The Morgan fingerprint density at radius 2 is 1.89 bits per heavy atom. The summed E-state index contributed by atoms with van der Waals surface area (Å²) in [5.41, 5.74) is 2.62. The maximum absolute atomic E-state index is 12.1. The van der Waals surface area contributed by atoms with E-state index in [1.165, 1.54) is 7.11 Å². The monoisotopic (exact) mass is 399 g/mol. The minimum Gasteiger partial charge on any atom is -0.495 e. The van der Waals surface area contributed by atoms with Gasteiger partial charge in [-0.05, 0) is 55.5 Å². The third kappa shape index (κ3) is 4.50. The second-order valence-corrected chi connectivity index (χ2v) is 6.31. The molecule has 0 aliphatic heterocycles. The van der Waals surface area contributed by atoms with E-state index in [-0.39, 0.29) is 0 Å². The Labute approximate surface area is 166 Å². The molecule has 0 fully saturated rings. The van der Waals surface area contributed by atoms with Gasteiger partial charge in [-0.1, -0.05) is 11.6 Å². The number of carbonyl (C=O) groups excluding carboxylic acids is 2. The summed E-state index contributed by atoms with van der Waals surface area (Å²) in [5, 5.41) is 7.18. The van der Waals surface area contributed by atoms with E-state index in [9.17, 15) is 9.59 Å². The summed E-state index contributed by atoms with van der Waals surface area (Å²) in [7, 11) is 1.50. The lowest BCUT2D eigenvalue weighted by Gasteiger charge is -2.09. The lowest BCUT2D eigenvalue weighted by atomic mass is 10.2. The standard InChI is InChI=1S/C20H18ClN3O4/c1-13-9-10-22-24(13)16-6-3-14(4-7-16)20(26)28-12-19(25)23-15-5-8-18(27-2)17(21)11-15/h3-11H,12H2,1-2H3,(H,23,25). The molecule has 7 nitrogen and oxygen atoms in total. The van der Waals surface area contributed by atoms with Gasteiger partial charge in [0.2, 0.25) is 0 Å². The molecule has 2 aromatic carbocycles. The van der Waals surface area contributed by atoms with E-state index in [0.717, 1.165) is 11.4 Å². The van der Waals surface area contributed by atoms with Gasteiger partial charge in [0.15, 0.2) is 6.61 Å². The first-order chi connectivity index (χ1) is 13.5. The van der Waals surface area contributed by atoms with Crippen LogP contribution in [0.15, 0.2) is 54.7 Å². The highest BCUT2D eigenvalue weighted by atomic mass is 35.5. The number of ether oxygens (including phenoxy) is 2. The van der Waals surface area contributed by atoms with E-state index in [2.05, 4.69) is 10.4 Å². The summed E-state index contributed by atoms with van der Waals surface area (Å²) in [5.74, 6) is -0.565. The van der Waals surface area contributed by atoms with Gasteiger partial charge in [0.05, 0.1) is 23.4 Å². The largest absolute Gasteiger partial charge is 0.495 e. The van der Waals surface area contributed by atoms with Gasteiger partial charge in [0, 0.05) is 17.6 Å². The van der Waals surface area contributed by atoms with E-state index in [1.807, 2.05) is 13.0 Å². The number of carbonyl (C=O) groups is 2. The molecular weight excluding hydrogens is 382 g/mol. The smallest absolute Gasteiger partial charge is 0.338 e. The highest BCUT2D eigenvalue weighted by molar-refractivity contribution is 6.32. The number of hydrogen-bond acceptors (Lipinski definition) is 5. The van der Waals surface area contributed by atoms with Crippen molar-refractivity contribution in [3.8, 4) is 11.4 Å².